The fraction of sp³-hybridized carbons (Fsp3) is 0.440. The molecule has 2 unspecified atom stereocenters. The number of benzene rings is 2. The molecule has 1 saturated heterocycles. The molecule has 1 fully saturated rings. The first kappa shape index (κ1) is 22.5. The molecular formula is C25H30ClN3O3. The standard InChI is InChI=1S/C25H30ClN3O3/c1-15-13-18(27)6-7-19(15)23(30)28-11-9-16-10-12-29(24(31)32-25(2,3)4)22(16)20-14-17(26)5-8-21(20)28/h5-8,13-14,16,22H,9-12,27H2,1-4H3. The van der Waals surface area contributed by atoms with Gasteiger partial charge in [-0.2, -0.15) is 0 Å². The van der Waals surface area contributed by atoms with E-state index in [1.54, 1.807) is 23.1 Å². The number of rotatable bonds is 1. The molecule has 2 aliphatic heterocycles. The Balaban J connectivity index is 1.75. The van der Waals surface area contributed by atoms with Crippen LogP contribution in [0.2, 0.25) is 5.02 Å². The van der Waals surface area contributed by atoms with Crippen LogP contribution in [0.1, 0.15) is 61.1 Å². The van der Waals surface area contributed by atoms with Crippen LogP contribution in [0.3, 0.4) is 0 Å². The first-order chi connectivity index (χ1) is 15.0. The van der Waals surface area contributed by atoms with Crippen LogP contribution in [0.15, 0.2) is 36.4 Å². The summed E-state index contributed by atoms with van der Waals surface area (Å²) in [4.78, 5) is 30.2. The number of nitrogens with zero attached hydrogens (tertiary/aromatic N) is 2. The van der Waals surface area contributed by atoms with Crippen LogP contribution in [-0.2, 0) is 4.74 Å². The molecule has 0 aromatic heterocycles. The number of ether oxygens (including phenoxy) is 1. The molecule has 2 aromatic carbocycles. The average Bonchev–Trinajstić information content (AvgIpc) is 3.05. The number of aryl methyl sites for hydroxylation is 1. The zero-order chi connectivity index (χ0) is 23.2. The Hall–Kier alpha value is -2.73. The van der Waals surface area contributed by atoms with Crippen LogP contribution in [0.5, 0.6) is 0 Å². The summed E-state index contributed by atoms with van der Waals surface area (Å²) in [5.41, 5.74) is 9.08. The largest absolute Gasteiger partial charge is 0.444 e. The Morgan fingerprint density at radius 2 is 1.81 bits per heavy atom. The second-order valence-electron chi connectivity index (χ2n) is 9.69. The van der Waals surface area contributed by atoms with Crippen molar-refractivity contribution in [3.05, 3.63) is 58.1 Å². The molecule has 0 aliphatic carbocycles. The zero-order valence-corrected chi connectivity index (χ0v) is 19.8. The van der Waals surface area contributed by atoms with Crippen molar-refractivity contribution in [1.82, 2.24) is 4.90 Å². The summed E-state index contributed by atoms with van der Waals surface area (Å²) in [6.07, 6.45) is 1.32. The minimum absolute atomic E-state index is 0.0742. The summed E-state index contributed by atoms with van der Waals surface area (Å²) in [6.45, 7) is 8.69. The van der Waals surface area contributed by atoms with Crippen molar-refractivity contribution in [2.24, 2.45) is 5.92 Å². The van der Waals surface area contributed by atoms with Crippen molar-refractivity contribution in [2.75, 3.05) is 23.7 Å². The van der Waals surface area contributed by atoms with Crippen LogP contribution in [0, 0.1) is 12.8 Å². The monoisotopic (exact) mass is 455 g/mol. The van der Waals surface area contributed by atoms with E-state index < -0.39 is 5.60 Å². The first-order valence-corrected chi connectivity index (χ1v) is 11.4. The lowest BCUT2D eigenvalue weighted by atomic mass is 9.92. The van der Waals surface area contributed by atoms with E-state index in [1.165, 1.54) is 0 Å². The fourth-order valence-corrected chi connectivity index (χ4v) is 4.99. The van der Waals surface area contributed by atoms with Gasteiger partial charge in [-0.3, -0.25) is 4.79 Å². The van der Waals surface area contributed by atoms with Gasteiger partial charge in [0.05, 0.1) is 6.04 Å². The van der Waals surface area contributed by atoms with Crippen molar-refractivity contribution in [1.29, 1.82) is 0 Å². The van der Waals surface area contributed by atoms with E-state index in [-0.39, 0.29) is 24.0 Å². The number of fused-ring (bicyclic) bond motifs is 3. The lowest BCUT2D eigenvalue weighted by Gasteiger charge is -2.31. The van der Waals surface area contributed by atoms with Gasteiger partial charge < -0.3 is 20.3 Å². The number of nitrogens with two attached hydrogens (primary N) is 1. The minimum atomic E-state index is -0.578. The maximum Gasteiger partial charge on any atom is 0.410 e. The van der Waals surface area contributed by atoms with Gasteiger partial charge in [-0.25, -0.2) is 4.79 Å². The Morgan fingerprint density at radius 3 is 2.50 bits per heavy atom. The number of likely N-dealkylation sites (tertiary alicyclic amines) is 1. The number of carbonyl (C=O) groups is 2. The molecule has 170 valence electrons. The molecule has 32 heavy (non-hydrogen) atoms. The van der Waals surface area contributed by atoms with Crippen LogP contribution >= 0.6 is 11.6 Å². The van der Waals surface area contributed by atoms with Gasteiger partial charge in [0.2, 0.25) is 0 Å². The van der Waals surface area contributed by atoms with Crippen LogP contribution in [0.4, 0.5) is 16.2 Å². The molecule has 2 N–H and O–H groups in total. The Kier molecular flexibility index (Phi) is 5.84. The topological polar surface area (TPSA) is 75.9 Å². The summed E-state index contributed by atoms with van der Waals surface area (Å²) in [6, 6.07) is 10.7. The number of hydrogen-bond donors (Lipinski definition) is 1. The first-order valence-electron chi connectivity index (χ1n) is 11.0. The predicted molar refractivity (Wildman–Crippen MR) is 127 cm³/mol. The lowest BCUT2D eigenvalue weighted by Crippen LogP contribution is -2.37. The Bertz CT molecular complexity index is 1060. The highest BCUT2D eigenvalue weighted by Gasteiger charge is 2.43. The summed E-state index contributed by atoms with van der Waals surface area (Å²) < 4.78 is 5.69. The van der Waals surface area contributed by atoms with Gasteiger partial charge in [0.25, 0.3) is 5.91 Å². The number of nitrogen functional groups attached to an aromatic ring is 1. The molecule has 2 aromatic rings. The van der Waals surface area contributed by atoms with E-state index >= 15 is 0 Å². The highest BCUT2D eigenvalue weighted by atomic mass is 35.5. The van der Waals surface area contributed by atoms with Crippen LogP contribution in [0.25, 0.3) is 0 Å². The molecule has 0 bridgehead atoms. The average molecular weight is 456 g/mol. The molecule has 0 radical (unpaired) electrons. The number of amides is 2. The van der Waals surface area contributed by atoms with E-state index in [2.05, 4.69) is 0 Å². The third-order valence-electron chi connectivity index (χ3n) is 6.20. The molecule has 2 heterocycles. The summed E-state index contributed by atoms with van der Waals surface area (Å²) in [5.74, 6) is 0.153. The molecular weight excluding hydrogens is 426 g/mol. The fourth-order valence-electron chi connectivity index (χ4n) is 4.81. The van der Waals surface area contributed by atoms with E-state index in [1.807, 2.05) is 50.8 Å². The predicted octanol–water partition coefficient (Wildman–Crippen LogP) is 5.58. The van der Waals surface area contributed by atoms with Gasteiger partial charge in [-0.15, -0.1) is 0 Å². The Morgan fingerprint density at radius 1 is 1.09 bits per heavy atom. The smallest absolute Gasteiger partial charge is 0.410 e. The van der Waals surface area contributed by atoms with E-state index in [0.717, 1.165) is 29.7 Å². The van der Waals surface area contributed by atoms with Gasteiger partial charge in [-0.1, -0.05) is 11.6 Å². The second kappa shape index (κ2) is 8.32. The van der Waals surface area contributed by atoms with Gasteiger partial charge in [-0.05, 0) is 88.4 Å². The highest BCUT2D eigenvalue weighted by molar-refractivity contribution is 6.30. The maximum atomic E-state index is 13.6. The lowest BCUT2D eigenvalue weighted by molar-refractivity contribution is 0.0206. The molecule has 2 atom stereocenters. The summed E-state index contributed by atoms with van der Waals surface area (Å²) >= 11 is 6.39. The quantitative estimate of drug-likeness (QED) is 0.569. The molecule has 2 amide bonds. The van der Waals surface area contributed by atoms with Crippen LogP contribution < -0.4 is 10.6 Å². The third kappa shape index (κ3) is 4.29. The van der Waals surface area contributed by atoms with Gasteiger partial charge in [0.1, 0.15) is 5.60 Å². The van der Waals surface area contributed by atoms with Crippen molar-refractivity contribution in [2.45, 2.75) is 52.2 Å². The maximum absolute atomic E-state index is 13.6. The normalized spacial score (nSPS) is 20.4. The van der Waals surface area contributed by atoms with Gasteiger partial charge >= 0.3 is 6.09 Å². The van der Waals surface area contributed by atoms with E-state index in [0.29, 0.717) is 29.4 Å². The van der Waals surface area contributed by atoms with Gasteiger partial charge in [0, 0.05) is 40.6 Å². The third-order valence-corrected chi connectivity index (χ3v) is 6.43. The van der Waals surface area contributed by atoms with E-state index in [9.17, 15) is 9.59 Å². The molecule has 0 spiro atoms. The summed E-state index contributed by atoms with van der Waals surface area (Å²) in [5, 5.41) is 0.580. The molecule has 6 nitrogen and oxygen atoms in total. The van der Waals surface area contributed by atoms with Crippen molar-refractivity contribution < 1.29 is 14.3 Å². The number of hydrogen-bond acceptors (Lipinski definition) is 4. The molecule has 0 saturated carbocycles. The summed E-state index contributed by atoms with van der Waals surface area (Å²) in [7, 11) is 0. The van der Waals surface area contributed by atoms with E-state index in [4.69, 9.17) is 22.1 Å². The van der Waals surface area contributed by atoms with Gasteiger partial charge in [0.15, 0.2) is 0 Å². The van der Waals surface area contributed by atoms with Crippen molar-refractivity contribution in [3.63, 3.8) is 0 Å². The molecule has 7 heteroatoms. The second-order valence-corrected chi connectivity index (χ2v) is 10.1. The Labute approximate surface area is 194 Å². The van der Waals surface area contributed by atoms with Crippen LogP contribution in [-0.4, -0.2) is 35.6 Å². The van der Waals surface area contributed by atoms with Crippen molar-refractivity contribution >= 4 is 35.0 Å². The minimum Gasteiger partial charge on any atom is -0.444 e. The zero-order valence-electron chi connectivity index (χ0n) is 19.0. The highest BCUT2D eigenvalue weighted by Crippen LogP contribution is 2.47. The molecule has 2 aliphatic rings. The van der Waals surface area contributed by atoms with Crippen molar-refractivity contribution in [3.8, 4) is 0 Å². The SMILES string of the molecule is Cc1cc(N)ccc1C(=O)N1CCC2CCN(C(=O)OC(C)(C)C)C2c2cc(Cl)ccc21. The number of halogens is 1. The number of carbonyl (C=O) groups excluding carboxylic acids is 2. The molecule has 4 rings (SSSR count). The number of anilines is 2.